The molecule has 1 rings (SSSR count). The van der Waals surface area contributed by atoms with Crippen molar-refractivity contribution < 1.29 is 9.53 Å². The van der Waals surface area contributed by atoms with Gasteiger partial charge >= 0.3 is 0 Å². The number of rotatable bonds is 4. The Balaban J connectivity index is 2.68. The maximum absolute atomic E-state index is 12.4. The van der Waals surface area contributed by atoms with E-state index in [9.17, 15) is 4.79 Å². The van der Waals surface area contributed by atoms with E-state index in [1.807, 2.05) is 25.7 Å². The van der Waals surface area contributed by atoms with Gasteiger partial charge in [-0.3, -0.25) is 4.79 Å². The lowest BCUT2D eigenvalue weighted by Crippen LogP contribution is -2.52. The molecule has 0 spiro atoms. The van der Waals surface area contributed by atoms with E-state index >= 15 is 0 Å². The third-order valence-corrected chi connectivity index (χ3v) is 3.81. The normalized spacial score (nSPS) is 25.7. The molecule has 100 valence electrons. The summed E-state index contributed by atoms with van der Waals surface area (Å²) in [7, 11) is 1.59. The topological polar surface area (TPSA) is 55.6 Å². The van der Waals surface area contributed by atoms with Gasteiger partial charge in [-0.25, -0.2) is 0 Å². The standard InChI is InChI=1S/C13H26N2O2/c1-5-15(12(16)13(2,3)17-4)11-8-6-10(14)7-9-11/h10-11H,5-9,14H2,1-4H3. The first-order valence-corrected chi connectivity index (χ1v) is 6.54. The van der Waals surface area contributed by atoms with Gasteiger partial charge in [-0.1, -0.05) is 0 Å². The van der Waals surface area contributed by atoms with Crippen molar-refractivity contribution in [1.29, 1.82) is 0 Å². The van der Waals surface area contributed by atoms with Crippen LogP contribution in [0.25, 0.3) is 0 Å². The van der Waals surface area contributed by atoms with Crippen LogP contribution in [0.3, 0.4) is 0 Å². The van der Waals surface area contributed by atoms with Gasteiger partial charge < -0.3 is 15.4 Å². The van der Waals surface area contributed by atoms with Crippen molar-refractivity contribution in [2.45, 2.75) is 64.1 Å². The van der Waals surface area contributed by atoms with Gasteiger partial charge in [-0.2, -0.15) is 0 Å². The predicted octanol–water partition coefficient (Wildman–Crippen LogP) is 1.53. The van der Waals surface area contributed by atoms with E-state index in [-0.39, 0.29) is 5.91 Å². The average molecular weight is 242 g/mol. The number of methoxy groups -OCH3 is 1. The van der Waals surface area contributed by atoms with Crippen molar-refractivity contribution in [3.63, 3.8) is 0 Å². The van der Waals surface area contributed by atoms with Crippen LogP contribution >= 0.6 is 0 Å². The summed E-state index contributed by atoms with van der Waals surface area (Å²) in [4.78, 5) is 14.3. The number of carbonyl (C=O) groups excluding carboxylic acids is 1. The fourth-order valence-electron chi connectivity index (χ4n) is 2.41. The Hall–Kier alpha value is -0.610. The minimum absolute atomic E-state index is 0.0861. The van der Waals surface area contributed by atoms with Gasteiger partial charge in [0.15, 0.2) is 0 Å². The van der Waals surface area contributed by atoms with Crippen LogP contribution in [0, 0.1) is 0 Å². The molecule has 0 heterocycles. The maximum atomic E-state index is 12.4. The zero-order valence-corrected chi connectivity index (χ0v) is 11.5. The second-order valence-corrected chi connectivity index (χ2v) is 5.37. The highest BCUT2D eigenvalue weighted by molar-refractivity contribution is 5.84. The molecule has 1 saturated carbocycles. The van der Waals surface area contributed by atoms with Gasteiger partial charge in [0.25, 0.3) is 5.91 Å². The maximum Gasteiger partial charge on any atom is 0.254 e. The van der Waals surface area contributed by atoms with Crippen LogP contribution in [0.1, 0.15) is 46.5 Å². The highest BCUT2D eigenvalue weighted by Crippen LogP contribution is 2.24. The molecule has 0 aliphatic heterocycles. The molecule has 0 saturated heterocycles. The molecule has 0 radical (unpaired) electrons. The molecule has 1 aliphatic rings. The van der Waals surface area contributed by atoms with Crippen LogP contribution in [0.15, 0.2) is 0 Å². The Morgan fingerprint density at radius 2 is 1.88 bits per heavy atom. The first-order chi connectivity index (χ1) is 7.92. The first-order valence-electron chi connectivity index (χ1n) is 6.54. The van der Waals surface area contributed by atoms with Gasteiger partial charge in [0.1, 0.15) is 5.60 Å². The molecule has 0 aromatic carbocycles. The van der Waals surface area contributed by atoms with Crippen LogP contribution in [0.2, 0.25) is 0 Å². The smallest absolute Gasteiger partial charge is 0.254 e. The molecule has 2 N–H and O–H groups in total. The fraction of sp³-hybridized carbons (Fsp3) is 0.923. The lowest BCUT2D eigenvalue weighted by atomic mass is 9.90. The monoisotopic (exact) mass is 242 g/mol. The van der Waals surface area contributed by atoms with Crippen molar-refractivity contribution in [1.82, 2.24) is 4.90 Å². The second kappa shape index (κ2) is 5.83. The van der Waals surface area contributed by atoms with E-state index in [4.69, 9.17) is 10.5 Å². The summed E-state index contributed by atoms with van der Waals surface area (Å²) in [5.74, 6) is 0.0861. The third kappa shape index (κ3) is 3.42. The van der Waals surface area contributed by atoms with Crippen LogP contribution in [0.5, 0.6) is 0 Å². The van der Waals surface area contributed by atoms with E-state index in [1.165, 1.54) is 0 Å². The van der Waals surface area contributed by atoms with Gasteiger partial charge in [0.05, 0.1) is 0 Å². The summed E-state index contributed by atoms with van der Waals surface area (Å²) in [5, 5.41) is 0. The SMILES string of the molecule is CCN(C(=O)C(C)(C)OC)C1CCC(N)CC1. The van der Waals surface area contributed by atoms with Crippen LogP contribution in [-0.4, -0.2) is 42.1 Å². The summed E-state index contributed by atoms with van der Waals surface area (Å²) in [6.07, 6.45) is 4.06. The molecule has 1 amide bonds. The number of likely N-dealkylation sites (N-methyl/N-ethyl adjacent to an activating group) is 1. The van der Waals surface area contributed by atoms with E-state index in [0.29, 0.717) is 12.1 Å². The molecular weight excluding hydrogens is 216 g/mol. The minimum atomic E-state index is -0.727. The highest BCUT2D eigenvalue weighted by atomic mass is 16.5. The van der Waals surface area contributed by atoms with Gasteiger partial charge in [-0.05, 0) is 46.5 Å². The number of nitrogens with two attached hydrogens (primary N) is 1. The molecule has 0 bridgehead atoms. The highest BCUT2D eigenvalue weighted by Gasteiger charge is 2.35. The van der Waals surface area contributed by atoms with E-state index < -0.39 is 5.60 Å². The molecule has 4 nitrogen and oxygen atoms in total. The Morgan fingerprint density at radius 3 is 2.29 bits per heavy atom. The van der Waals surface area contributed by atoms with Crippen LogP contribution in [-0.2, 0) is 9.53 Å². The summed E-state index contributed by atoms with van der Waals surface area (Å²) in [6.45, 7) is 6.42. The Bertz CT molecular complexity index is 258. The molecular formula is C13H26N2O2. The summed E-state index contributed by atoms with van der Waals surface area (Å²) in [5.41, 5.74) is 5.17. The average Bonchev–Trinajstić information content (AvgIpc) is 2.32. The molecule has 1 aliphatic carbocycles. The molecule has 0 unspecified atom stereocenters. The second-order valence-electron chi connectivity index (χ2n) is 5.37. The summed E-state index contributed by atoms with van der Waals surface area (Å²) < 4.78 is 5.28. The molecule has 0 atom stereocenters. The number of hydrogen-bond donors (Lipinski definition) is 1. The quantitative estimate of drug-likeness (QED) is 0.813. The summed E-state index contributed by atoms with van der Waals surface area (Å²) >= 11 is 0. The zero-order valence-electron chi connectivity index (χ0n) is 11.5. The molecule has 1 fully saturated rings. The minimum Gasteiger partial charge on any atom is -0.369 e. The molecule has 17 heavy (non-hydrogen) atoms. The van der Waals surface area contributed by atoms with E-state index in [1.54, 1.807) is 7.11 Å². The number of nitrogens with zero attached hydrogens (tertiary/aromatic N) is 1. The predicted molar refractivity (Wildman–Crippen MR) is 68.7 cm³/mol. The van der Waals surface area contributed by atoms with Gasteiger partial charge in [-0.15, -0.1) is 0 Å². The van der Waals surface area contributed by atoms with Crippen molar-refractivity contribution in [2.24, 2.45) is 5.73 Å². The Kier molecular flexibility index (Phi) is 4.95. The lowest BCUT2D eigenvalue weighted by molar-refractivity contribution is -0.154. The first kappa shape index (κ1) is 14.5. The van der Waals surface area contributed by atoms with Crippen molar-refractivity contribution in [3.05, 3.63) is 0 Å². The number of hydrogen-bond acceptors (Lipinski definition) is 3. The van der Waals surface area contributed by atoms with Crippen molar-refractivity contribution >= 4 is 5.91 Å². The number of carbonyl (C=O) groups is 1. The van der Waals surface area contributed by atoms with E-state index in [0.717, 1.165) is 32.2 Å². The lowest BCUT2D eigenvalue weighted by Gasteiger charge is -2.39. The Morgan fingerprint density at radius 1 is 1.35 bits per heavy atom. The fourth-order valence-corrected chi connectivity index (χ4v) is 2.41. The Labute approximate surface area is 104 Å². The van der Waals surface area contributed by atoms with Crippen molar-refractivity contribution in [2.75, 3.05) is 13.7 Å². The number of ether oxygens (including phenoxy) is 1. The largest absolute Gasteiger partial charge is 0.369 e. The zero-order chi connectivity index (χ0) is 13.1. The van der Waals surface area contributed by atoms with Crippen LogP contribution < -0.4 is 5.73 Å². The molecule has 0 aromatic rings. The van der Waals surface area contributed by atoms with Crippen LogP contribution in [0.4, 0.5) is 0 Å². The molecule has 4 heteroatoms. The molecule has 0 aromatic heterocycles. The third-order valence-electron chi connectivity index (χ3n) is 3.81. The van der Waals surface area contributed by atoms with E-state index in [2.05, 4.69) is 0 Å². The number of amides is 1. The van der Waals surface area contributed by atoms with Crippen molar-refractivity contribution in [3.8, 4) is 0 Å². The van der Waals surface area contributed by atoms with Gasteiger partial charge in [0, 0.05) is 25.7 Å². The summed E-state index contributed by atoms with van der Waals surface area (Å²) in [6, 6.07) is 0.650. The van der Waals surface area contributed by atoms with Gasteiger partial charge in [0.2, 0.25) is 0 Å².